The number of ketones is 2. The third-order valence-electron chi connectivity index (χ3n) is 2.89. The van der Waals surface area contributed by atoms with Crippen LogP contribution in [0.15, 0.2) is 12.1 Å². The summed E-state index contributed by atoms with van der Waals surface area (Å²) in [7, 11) is 0. The number of fused-ring (bicyclic) bond motifs is 1. The molecule has 1 N–H and O–H groups in total. The smallest absolute Gasteiger partial charge is 0.348 e. The largest absolute Gasteiger partial charge is 0.418 e. The Morgan fingerprint density at radius 3 is 2.50 bits per heavy atom. The molecule has 2 rings (SSSR count). The second-order valence-electron chi connectivity index (χ2n) is 4.24. The van der Waals surface area contributed by atoms with Crippen molar-refractivity contribution in [1.29, 1.82) is 0 Å². The monoisotopic (exact) mass is 321 g/mol. The van der Waals surface area contributed by atoms with Gasteiger partial charge in [0.05, 0.1) is 26.8 Å². The van der Waals surface area contributed by atoms with Crippen molar-refractivity contribution in [2.45, 2.75) is 13.1 Å². The van der Waals surface area contributed by atoms with Crippen LogP contribution in [0, 0.1) is 5.92 Å². The van der Waals surface area contributed by atoms with Gasteiger partial charge in [-0.2, -0.15) is 13.2 Å². The van der Waals surface area contributed by atoms with Gasteiger partial charge >= 0.3 is 6.18 Å². The first-order valence-electron chi connectivity index (χ1n) is 5.40. The predicted molar refractivity (Wildman–Crippen MR) is 71.2 cm³/mol. The number of rotatable bonds is 1. The number of anilines is 1. The average molecular weight is 322 g/mol. The molecule has 0 spiro atoms. The highest BCUT2D eigenvalue weighted by Crippen LogP contribution is 2.42. The standard InChI is InChI=1S/C12H7ClF3NO2S/c1-4(18)7-10(19)8-6(13)3-2-5(12(14,15)16)9(8)17-11(7)20/h2-3,7H,1H3,(H,17,20). The molecule has 8 heteroatoms. The van der Waals surface area contributed by atoms with E-state index < -0.39 is 34.9 Å². The van der Waals surface area contributed by atoms with E-state index >= 15 is 0 Å². The van der Waals surface area contributed by atoms with Crippen LogP contribution in [0.5, 0.6) is 0 Å². The molecule has 3 nitrogen and oxygen atoms in total. The van der Waals surface area contributed by atoms with Crippen molar-refractivity contribution in [3.05, 3.63) is 28.3 Å². The Morgan fingerprint density at radius 1 is 1.40 bits per heavy atom. The van der Waals surface area contributed by atoms with E-state index in [1.54, 1.807) is 0 Å². The number of carbonyl (C=O) groups is 2. The first kappa shape index (κ1) is 14.9. The number of carbonyl (C=O) groups excluding carboxylic acids is 2. The quantitative estimate of drug-likeness (QED) is 0.635. The van der Waals surface area contributed by atoms with Crippen molar-refractivity contribution in [1.82, 2.24) is 0 Å². The second kappa shape index (κ2) is 4.82. The Bertz CT molecular complexity index is 642. The van der Waals surface area contributed by atoms with E-state index in [9.17, 15) is 22.8 Å². The Morgan fingerprint density at radius 2 is 2.00 bits per heavy atom. The summed E-state index contributed by atoms with van der Waals surface area (Å²) in [6.45, 7) is 1.14. The van der Waals surface area contributed by atoms with Gasteiger partial charge in [0.2, 0.25) is 0 Å². The third kappa shape index (κ3) is 2.31. The molecule has 106 valence electrons. The molecular formula is C12H7ClF3NO2S. The normalized spacial score (nSPS) is 18.6. The van der Waals surface area contributed by atoms with Gasteiger partial charge in [-0.3, -0.25) is 9.59 Å². The molecule has 1 aromatic rings. The van der Waals surface area contributed by atoms with E-state index in [1.807, 2.05) is 0 Å². The molecular weight excluding hydrogens is 315 g/mol. The number of alkyl halides is 3. The average Bonchev–Trinajstić information content (AvgIpc) is 2.25. The SMILES string of the molecule is CC(=O)C1C(=O)c2c(Cl)ccc(C(F)(F)F)c2NC1=S. The van der Waals surface area contributed by atoms with Crippen LogP contribution in [-0.4, -0.2) is 16.6 Å². The minimum absolute atomic E-state index is 0.153. The van der Waals surface area contributed by atoms with Crippen LogP contribution >= 0.6 is 23.8 Å². The lowest BCUT2D eigenvalue weighted by atomic mass is 9.88. The van der Waals surface area contributed by atoms with Crippen LogP contribution in [-0.2, 0) is 11.0 Å². The molecule has 0 fully saturated rings. The van der Waals surface area contributed by atoms with E-state index in [4.69, 9.17) is 23.8 Å². The van der Waals surface area contributed by atoms with Gasteiger partial charge < -0.3 is 5.32 Å². The Labute approximate surface area is 122 Å². The van der Waals surface area contributed by atoms with Crippen molar-refractivity contribution in [3.8, 4) is 0 Å². The molecule has 1 unspecified atom stereocenters. The number of thiocarbonyl (C=S) groups is 1. The van der Waals surface area contributed by atoms with Crippen LogP contribution in [0.1, 0.15) is 22.8 Å². The summed E-state index contributed by atoms with van der Waals surface area (Å²) < 4.78 is 38.7. The summed E-state index contributed by atoms with van der Waals surface area (Å²) in [5.74, 6) is -2.66. The fourth-order valence-corrected chi connectivity index (χ4v) is 2.64. The van der Waals surface area contributed by atoms with Gasteiger partial charge in [0.1, 0.15) is 11.7 Å². The van der Waals surface area contributed by atoms with Crippen LogP contribution in [0.25, 0.3) is 0 Å². The zero-order chi connectivity index (χ0) is 15.2. The number of halogens is 4. The van der Waals surface area contributed by atoms with E-state index in [0.717, 1.165) is 19.1 Å². The summed E-state index contributed by atoms with van der Waals surface area (Å²) in [4.78, 5) is 23.3. The van der Waals surface area contributed by atoms with Gasteiger partial charge in [-0.1, -0.05) is 23.8 Å². The fourth-order valence-electron chi connectivity index (χ4n) is 2.01. The lowest BCUT2D eigenvalue weighted by Crippen LogP contribution is -2.39. The summed E-state index contributed by atoms with van der Waals surface area (Å²) in [6, 6.07) is 1.74. The second-order valence-corrected chi connectivity index (χ2v) is 5.09. The molecule has 0 saturated carbocycles. The maximum atomic E-state index is 12.9. The molecule has 1 atom stereocenters. The van der Waals surface area contributed by atoms with Gasteiger partial charge in [0.25, 0.3) is 0 Å². The Kier molecular flexibility index (Phi) is 3.60. The summed E-state index contributed by atoms with van der Waals surface area (Å²) in [5.41, 5.74) is -1.89. The minimum atomic E-state index is -4.67. The highest BCUT2D eigenvalue weighted by atomic mass is 35.5. The number of Topliss-reactive ketones (excluding diaryl/α,β-unsaturated/α-hetero) is 2. The van der Waals surface area contributed by atoms with Crippen molar-refractivity contribution >= 4 is 46.1 Å². The maximum Gasteiger partial charge on any atom is 0.418 e. The molecule has 0 radical (unpaired) electrons. The van der Waals surface area contributed by atoms with Crippen molar-refractivity contribution in [3.63, 3.8) is 0 Å². The van der Waals surface area contributed by atoms with Gasteiger partial charge in [0.15, 0.2) is 5.78 Å². The summed E-state index contributed by atoms with van der Waals surface area (Å²) >= 11 is 10.6. The number of nitrogens with one attached hydrogen (secondary N) is 1. The molecule has 1 heterocycles. The minimum Gasteiger partial charge on any atom is -0.348 e. The van der Waals surface area contributed by atoms with Crippen molar-refractivity contribution < 1.29 is 22.8 Å². The highest BCUT2D eigenvalue weighted by Gasteiger charge is 2.42. The van der Waals surface area contributed by atoms with Gasteiger partial charge in [-0.15, -0.1) is 0 Å². The number of benzene rings is 1. The zero-order valence-corrected chi connectivity index (χ0v) is 11.5. The topological polar surface area (TPSA) is 46.2 Å². The summed E-state index contributed by atoms with van der Waals surface area (Å²) in [6.07, 6.45) is -4.67. The van der Waals surface area contributed by atoms with Crippen LogP contribution < -0.4 is 5.32 Å². The van der Waals surface area contributed by atoms with Crippen LogP contribution in [0.3, 0.4) is 0 Å². The molecule has 20 heavy (non-hydrogen) atoms. The summed E-state index contributed by atoms with van der Waals surface area (Å²) in [5, 5.41) is 2.17. The molecule has 1 aliphatic rings. The van der Waals surface area contributed by atoms with Gasteiger partial charge in [0, 0.05) is 0 Å². The Hall–Kier alpha value is -1.47. The Balaban J connectivity index is 2.71. The molecule has 0 bridgehead atoms. The molecule has 0 aromatic heterocycles. The number of hydrogen-bond donors (Lipinski definition) is 1. The van der Waals surface area contributed by atoms with Crippen molar-refractivity contribution in [2.75, 3.05) is 5.32 Å². The lowest BCUT2D eigenvalue weighted by molar-refractivity contribution is -0.136. The van der Waals surface area contributed by atoms with E-state index in [2.05, 4.69) is 5.32 Å². The van der Waals surface area contributed by atoms with Crippen molar-refractivity contribution in [2.24, 2.45) is 5.92 Å². The molecule has 0 aliphatic carbocycles. The first-order chi connectivity index (χ1) is 9.14. The maximum absolute atomic E-state index is 12.9. The van der Waals surface area contributed by atoms with Crippen LogP contribution in [0.2, 0.25) is 5.02 Å². The van der Waals surface area contributed by atoms with E-state index in [1.165, 1.54) is 0 Å². The first-order valence-corrected chi connectivity index (χ1v) is 6.18. The number of hydrogen-bond acceptors (Lipinski definition) is 3. The molecule has 1 aromatic carbocycles. The predicted octanol–water partition coefficient (Wildman–Crippen LogP) is 3.50. The molecule has 0 amide bonds. The van der Waals surface area contributed by atoms with Gasteiger partial charge in [-0.05, 0) is 19.1 Å². The lowest BCUT2D eigenvalue weighted by Gasteiger charge is -2.27. The fraction of sp³-hybridized carbons (Fsp3) is 0.250. The van der Waals surface area contributed by atoms with Gasteiger partial charge in [-0.25, -0.2) is 0 Å². The highest BCUT2D eigenvalue weighted by molar-refractivity contribution is 7.80. The third-order valence-corrected chi connectivity index (χ3v) is 3.54. The van der Waals surface area contributed by atoms with E-state index in [-0.39, 0.29) is 15.6 Å². The van der Waals surface area contributed by atoms with Crippen LogP contribution in [0.4, 0.5) is 18.9 Å². The molecule has 0 saturated heterocycles. The van der Waals surface area contributed by atoms with E-state index in [0.29, 0.717) is 0 Å². The zero-order valence-electron chi connectivity index (χ0n) is 9.97. The molecule has 1 aliphatic heterocycles.